The Morgan fingerprint density at radius 1 is 1.17 bits per heavy atom. The van der Waals surface area contributed by atoms with Crippen LogP contribution in [-0.4, -0.2) is 31.1 Å². The van der Waals surface area contributed by atoms with Crippen LogP contribution in [0.5, 0.6) is 11.5 Å². The van der Waals surface area contributed by atoms with E-state index in [-0.39, 0.29) is 17.1 Å². The first kappa shape index (κ1) is 20.0. The molecule has 0 bridgehead atoms. The third kappa shape index (κ3) is 3.23. The SMILES string of the molecule is C=CCOc1ccc(C2c3c(oc4ccc(Cl)cc4c3=O)C(=O)N2C)cc1OCC. The molecule has 154 valence electrons. The molecule has 0 spiro atoms. The first-order chi connectivity index (χ1) is 14.5. The molecule has 0 fully saturated rings. The minimum Gasteiger partial charge on any atom is -0.490 e. The van der Waals surface area contributed by atoms with Gasteiger partial charge in [0.1, 0.15) is 12.2 Å². The number of halogens is 1. The number of rotatable bonds is 6. The number of fused-ring (bicyclic) bond motifs is 2. The van der Waals surface area contributed by atoms with Gasteiger partial charge in [0, 0.05) is 12.1 Å². The number of hydrogen-bond acceptors (Lipinski definition) is 5. The molecule has 3 aromatic rings. The second-order valence-electron chi connectivity index (χ2n) is 6.87. The lowest BCUT2D eigenvalue weighted by Gasteiger charge is -2.22. The third-order valence-electron chi connectivity index (χ3n) is 5.00. The fourth-order valence-electron chi connectivity index (χ4n) is 3.68. The van der Waals surface area contributed by atoms with Crippen molar-refractivity contribution in [2.45, 2.75) is 13.0 Å². The Hall–Kier alpha value is -3.25. The van der Waals surface area contributed by atoms with Crippen molar-refractivity contribution in [1.29, 1.82) is 0 Å². The van der Waals surface area contributed by atoms with Crippen molar-refractivity contribution in [3.8, 4) is 11.5 Å². The van der Waals surface area contributed by atoms with Crippen LogP contribution < -0.4 is 14.9 Å². The van der Waals surface area contributed by atoms with E-state index in [0.29, 0.717) is 51.8 Å². The predicted octanol–water partition coefficient (Wildman–Crippen LogP) is 4.58. The number of hydrogen-bond donors (Lipinski definition) is 0. The molecule has 1 unspecified atom stereocenters. The zero-order chi connectivity index (χ0) is 21.4. The van der Waals surface area contributed by atoms with Crippen LogP contribution >= 0.6 is 11.6 Å². The molecule has 2 heterocycles. The Kier molecular flexibility index (Phi) is 5.26. The van der Waals surface area contributed by atoms with Crippen LogP contribution in [0.3, 0.4) is 0 Å². The molecule has 2 aromatic carbocycles. The summed E-state index contributed by atoms with van der Waals surface area (Å²) in [5, 5.41) is 0.761. The molecule has 1 aliphatic rings. The van der Waals surface area contributed by atoms with E-state index >= 15 is 0 Å². The van der Waals surface area contributed by atoms with Gasteiger partial charge in [-0.05, 0) is 42.8 Å². The summed E-state index contributed by atoms with van der Waals surface area (Å²) in [7, 11) is 1.64. The van der Waals surface area contributed by atoms with Gasteiger partial charge in [0.2, 0.25) is 5.76 Å². The van der Waals surface area contributed by atoms with Crippen LogP contribution in [0.2, 0.25) is 5.02 Å². The number of nitrogens with zero attached hydrogens (tertiary/aromatic N) is 1. The summed E-state index contributed by atoms with van der Waals surface area (Å²) in [6.45, 7) is 6.29. The second kappa shape index (κ2) is 7.88. The molecule has 1 amide bonds. The lowest BCUT2D eigenvalue weighted by Crippen LogP contribution is -2.25. The highest BCUT2D eigenvalue weighted by Gasteiger charge is 2.41. The molecule has 7 heteroatoms. The van der Waals surface area contributed by atoms with Gasteiger partial charge in [0.25, 0.3) is 5.91 Å². The summed E-state index contributed by atoms with van der Waals surface area (Å²) in [5.74, 6) is 0.783. The summed E-state index contributed by atoms with van der Waals surface area (Å²) in [6.07, 6.45) is 1.64. The summed E-state index contributed by atoms with van der Waals surface area (Å²) < 4.78 is 17.2. The van der Waals surface area contributed by atoms with Crippen molar-refractivity contribution in [3.63, 3.8) is 0 Å². The maximum Gasteiger partial charge on any atom is 0.290 e. The van der Waals surface area contributed by atoms with E-state index in [0.717, 1.165) is 0 Å². The molecule has 0 saturated heterocycles. The van der Waals surface area contributed by atoms with E-state index in [1.54, 1.807) is 43.5 Å². The van der Waals surface area contributed by atoms with Crippen LogP contribution in [0.1, 0.15) is 34.6 Å². The Labute approximate surface area is 178 Å². The highest BCUT2D eigenvalue weighted by atomic mass is 35.5. The summed E-state index contributed by atoms with van der Waals surface area (Å²) >= 11 is 6.07. The highest BCUT2D eigenvalue weighted by Crippen LogP contribution is 2.40. The van der Waals surface area contributed by atoms with Gasteiger partial charge in [-0.25, -0.2) is 0 Å². The number of carbonyl (C=O) groups excluding carboxylic acids is 1. The molecule has 0 radical (unpaired) electrons. The predicted molar refractivity (Wildman–Crippen MR) is 115 cm³/mol. The fourth-order valence-corrected chi connectivity index (χ4v) is 3.85. The molecule has 1 atom stereocenters. The smallest absolute Gasteiger partial charge is 0.290 e. The van der Waals surface area contributed by atoms with Crippen LogP contribution in [0.15, 0.2) is 58.3 Å². The van der Waals surface area contributed by atoms with Gasteiger partial charge in [-0.3, -0.25) is 9.59 Å². The van der Waals surface area contributed by atoms with Crippen LogP contribution in [0, 0.1) is 0 Å². The number of carbonyl (C=O) groups is 1. The molecule has 4 rings (SSSR count). The van der Waals surface area contributed by atoms with Crippen LogP contribution in [0.25, 0.3) is 11.0 Å². The van der Waals surface area contributed by atoms with Gasteiger partial charge in [-0.1, -0.05) is 30.3 Å². The zero-order valence-corrected chi connectivity index (χ0v) is 17.4. The molecule has 1 aromatic heterocycles. The van der Waals surface area contributed by atoms with Crippen molar-refractivity contribution in [3.05, 3.63) is 81.2 Å². The van der Waals surface area contributed by atoms with Gasteiger partial charge in [-0.2, -0.15) is 0 Å². The van der Waals surface area contributed by atoms with Gasteiger partial charge in [-0.15, -0.1) is 0 Å². The van der Waals surface area contributed by atoms with Crippen LogP contribution in [0.4, 0.5) is 0 Å². The summed E-state index contributed by atoms with van der Waals surface area (Å²) in [6, 6.07) is 9.52. The van der Waals surface area contributed by atoms with Gasteiger partial charge >= 0.3 is 0 Å². The van der Waals surface area contributed by atoms with Crippen molar-refractivity contribution in [2.24, 2.45) is 0 Å². The quantitative estimate of drug-likeness (QED) is 0.540. The van der Waals surface area contributed by atoms with Gasteiger partial charge in [0.05, 0.1) is 23.6 Å². The normalized spacial score (nSPS) is 15.4. The standard InChI is InChI=1S/C23H20ClNO5/c1-4-10-29-17-8-6-13(11-18(17)28-5-2)20-19-21(26)15-12-14(24)7-9-16(15)30-22(19)23(27)25(20)3/h4,6-9,11-12,20H,1,5,10H2,2-3H3. The van der Waals surface area contributed by atoms with Crippen LogP contribution in [-0.2, 0) is 0 Å². The number of benzene rings is 2. The van der Waals surface area contributed by atoms with Gasteiger partial charge < -0.3 is 18.8 Å². The fraction of sp³-hybridized carbons (Fsp3) is 0.217. The Bertz CT molecular complexity index is 1220. The average molecular weight is 426 g/mol. The monoisotopic (exact) mass is 425 g/mol. The molecule has 1 aliphatic heterocycles. The molecular formula is C23H20ClNO5. The number of ether oxygens (including phenoxy) is 2. The molecule has 30 heavy (non-hydrogen) atoms. The Morgan fingerprint density at radius 2 is 1.97 bits per heavy atom. The molecule has 6 nitrogen and oxygen atoms in total. The third-order valence-corrected chi connectivity index (χ3v) is 5.24. The first-order valence-electron chi connectivity index (χ1n) is 9.50. The van der Waals surface area contributed by atoms with Crippen molar-refractivity contribution < 1.29 is 18.7 Å². The maximum atomic E-state index is 13.3. The number of amides is 1. The van der Waals surface area contributed by atoms with E-state index in [2.05, 4.69) is 6.58 Å². The minimum absolute atomic E-state index is 0.0484. The van der Waals surface area contributed by atoms with Crippen molar-refractivity contribution in [1.82, 2.24) is 4.90 Å². The summed E-state index contributed by atoms with van der Waals surface area (Å²) in [4.78, 5) is 27.7. The molecular weight excluding hydrogens is 406 g/mol. The maximum absolute atomic E-state index is 13.3. The molecule has 0 aliphatic carbocycles. The summed E-state index contributed by atoms with van der Waals surface area (Å²) in [5.41, 5.74) is 1.06. The lowest BCUT2D eigenvalue weighted by molar-refractivity contribution is 0.0771. The van der Waals surface area contributed by atoms with Crippen molar-refractivity contribution >= 4 is 28.5 Å². The average Bonchev–Trinajstić information content (AvgIpc) is 2.99. The first-order valence-corrected chi connectivity index (χ1v) is 9.88. The molecule has 0 N–H and O–H groups in total. The Balaban J connectivity index is 1.89. The van der Waals surface area contributed by atoms with Crippen molar-refractivity contribution in [2.75, 3.05) is 20.3 Å². The molecule has 0 saturated carbocycles. The van der Waals surface area contributed by atoms with E-state index in [1.807, 2.05) is 13.0 Å². The van der Waals surface area contributed by atoms with E-state index in [1.165, 1.54) is 4.90 Å². The minimum atomic E-state index is -0.611. The lowest BCUT2D eigenvalue weighted by atomic mass is 9.98. The topological polar surface area (TPSA) is 69.0 Å². The highest BCUT2D eigenvalue weighted by molar-refractivity contribution is 6.31. The largest absolute Gasteiger partial charge is 0.490 e. The Morgan fingerprint density at radius 3 is 2.70 bits per heavy atom. The second-order valence-corrected chi connectivity index (χ2v) is 7.31. The zero-order valence-electron chi connectivity index (χ0n) is 16.6. The van der Waals surface area contributed by atoms with Gasteiger partial charge in [0.15, 0.2) is 16.9 Å². The van der Waals surface area contributed by atoms with E-state index in [4.69, 9.17) is 25.5 Å². The van der Waals surface area contributed by atoms with E-state index in [9.17, 15) is 9.59 Å². The van der Waals surface area contributed by atoms with E-state index < -0.39 is 6.04 Å².